The van der Waals surface area contributed by atoms with Crippen molar-refractivity contribution in [2.45, 2.75) is 0 Å². The molecule has 3 heteroatoms. The fourth-order valence-electron chi connectivity index (χ4n) is 0.235. The molecule has 42 valence electrons. The van der Waals surface area contributed by atoms with E-state index >= 15 is 0 Å². The Labute approximate surface area is 43.2 Å². The predicted molar refractivity (Wildman–Crippen MR) is 30.4 cm³/mol. The average molecular weight is 101 g/mol. The van der Waals surface area contributed by atoms with Crippen LogP contribution in [0.4, 0.5) is 0 Å². The molecule has 0 aliphatic carbocycles. The number of rotatable bonds is 2. The summed E-state index contributed by atoms with van der Waals surface area (Å²) in [5, 5.41) is 0. The van der Waals surface area contributed by atoms with Gasteiger partial charge in [-0.1, -0.05) is 6.08 Å². The Kier molecular flexibility index (Phi) is 3.36. The molecule has 0 bridgehead atoms. The smallest absolute Gasteiger partial charge is 0.0323 e. The van der Waals surface area contributed by atoms with E-state index in [0.717, 1.165) is 0 Å². The van der Waals surface area contributed by atoms with Crippen molar-refractivity contribution in [3.05, 3.63) is 11.8 Å². The summed E-state index contributed by atoms with van der Waals surface area (Å²) >= 11 is 0. The van der Waals surface area contributed by atoms with Crippen LogP contribution in [0.3, 0.4) is 0 Å². The maximum Gasteiger partial charge on any atom is 0.0323 e. The highest BCUT2D eigenvalue weighted by atomic mass is 14.7. The molecule has 0 aromatic rings. The van der Waals surface area contributed by atoms with Gasteiger partial charge in [0.05, 0.1) is 0 Å². The van der Waals surface area contributed by atoms with Crippen molar-refractivity contribution in [2.75, 3.05) is 13.1 Å². The van der Waals surface area contributed by atoms with Gasteiger partial charge in [-0.05, 0) is 0 Å². The quantitative estimate of drug-likeness (QED) is 0.406. The third-order valence-corrected chi connectivity index (χ3v) is 0.616. The molecule has 3 nitrogen and oxygen atoms in total. The monoisotopic (exact) mass is 101 g/mol. The van der Waals surface area contributed by atoms with E-state index in [9.17, 15) is 0 Å². The first-order chi connectivity index (χ1) is 3.31. The Hall–Kier alpha value is -0.540. The molecular weight excluding hydrogens is 90.1 g/mol. The zero-order valence-corrected chi connectivity index (χ0v) is 4.22. The van der Waals surface area contributed by atoms with Crippen molar-refractivity contribution in [1.29, 1.82) is 0 Å². The summed E-state index contributed by atoms with van der Waals surface area (Å²) in [6.07, 6.45) is 1.69. The standard InChI is InChI=1S/C4H11N3/c5-2-1-4(7)3-6/h1H,2-3,5-7H2/b4-1-. The molecule has 0 radical (unpaired) electrons. The third-order valence-electron chi connectivity index (χ3n) is 0.616. The van der Waals surface area contributed by atoms with E-state index in [1.807, 2.05) is 0 Å². The van der Waals surface area contributed by atoms with Crippen LogP contribution in [0.15, 0.2) is 11.8 Å². The van der Waals surface area contributed by atoms with Crippen molar-refractivity contribution in [3.8, 4) is 0 Å². The summed E-state index contributed by atoms with van der Waals surface area (Å²) in [6, 6.07) is 0. The molecule has 0 amide bonds. The van der Waals surface area contributed by atoms with Crippen molar-refractivity contribution in [3.63, 3.8) is 0 Å². The zero-order valence-electron chi connectivity index (χ0n) is 4.22. The van der Waals surface area contributed by atoms with Crippen LogP contribution < -0.4 is 17.2 Å². The Morgan fingerprint density at radius 3 is 2.14 bits per heavy atom. The Bertz CT molecular complexity index is 67.3. The lowest BCUT2D eigenvalue weighted by molar-refractivity contribution is 1.08. The topological polar surface area (TPSA) is 78.1 Å². The van der Waals surface area contributed by atoms with Gasteiger partial charge >= 0.3 is 0 Å². The summed E-state index contributed by atoms with van der Waals surface area (Å²) in [6.45, 7) is 0.875. The van der Waals surface area contributed by atoms with Crippen LogP contribution in [-0.4, -0.2) is 13.1 Å². The molecule has 7 heavy (non-hydrogen) atoms. The van der Waals surface area contributed by atoms with Crippen LogP contribution in [0.25, 0.3) is 0 Å². The van der Waals surface area contributed by atoms with Crippen LogP contribution in [0.2, 0.25) is 0 Å². The summed E-state index contributed by atoms with van der Waals surface area (Å²) in [4.78, 5) is 0. The van der Waals surface area contributed by atoms with E-state index in [2.05, 4.69) is 0 Å². The molecule has 0 rings (SSSR count). The van der Waals surface area contributed by atoms with E-state index in [1.54, 1.807) is 6.08 Å². The van der Waals surface area contributed by atoms with Gasteiger partial charge in [-0.3, -0.25) is 0 Å². The molecule has 0 saturated carbocycles. The van der Waals surface area contributed by atoms with Gasteiger partial charge in [0.25, 0.3) is 0 Å². The van der Waals surface area contributed by atoms with Gasteiger partial charge in [0.1, 0.15) is 0 Å². The molecule has 0 aliphatic heterocycles. The molecule has 6 N–H and O–H groups in total. The van der Waals surface area contributed by atoms with E-state index in [1.165, 1.54) is 0 Å². The van der Waals surface area contributed by atoms with Crippen LogP contribution in [0, 0.1) is 0 Å². The van der Waals surface area contributed by atoms with E-state index in [-0.39, 0.29) is 0 Å². The normalized spacial score (nSPS) is 12.0. The van der Waals surface area contributed by atoms with Crippen molar-refractivity contribution in [2.24, 2.45) is 17.2 Å². The number of hydrogen-bond acceptors (Lipinski definition) is 3. The zero-order chi connectivity index (χ0) is 5.70. The molecule has 0 fully saturated rings. The average Bonchev–Trinajstić information content (AvgIpc) is 1.68. The minimum Gasteiger partial charge on any atom is -0.401 e. The molecule has 0 aliphatic rings. The van der Waals surface area contributed by atoms with Gasteiger partial charge in [0, 0.05) is 18.8 Å². The van der Waals surface area contributed by atoms with Crippen molar-refractivity contribution >= 4 is 0 Å². The summed E-state index contributed by atoms with van der Waals surface area (Å²) in [5.74, 6) is 0. The van der Waals surface area contributed by atoms with Gasteiger partial charge in [0.2, 0.25) is 0 Å². The largest absolute Gasteiger partial charge is 0.401 e. The molecule has 0 heterocycles. The maximum atomic E-state index is 5.24. The second-order valence-electron chi connectivity index (χ2n) is 1.22. The fourth-order valence-corrected chi connectivity index (χ4v) is 0.235. The Balaban J connectivity index is 3.29. The van der Waals surface area contributed by atoms with Crippen LogP contribution in [-0.2, 0) is 0 Å². The summed E-state index contributed by atoms with van der Waals surface area (Å²) < 4.78 is 0. The highest BCUT2D eigenvalue weighted by Gasteiger charge is 1.77. The highest BCUT2D eigenvalue weighted by Crippen LogP contribution is 1.72. The van der Waals surface area contributed by atoms with Crippen molar-refractivity contribution in [1.82, 2.24) is 0 Å². The molecule has 0 spiro atoms. The predicted octanol–water partition coefficient (Wildman–Crippen LogP) is -1.25. The first kappa shape index (κ1) is 6.46. The van der Waals surface area contributed by atoms with Crippen LogP contribution in [0.1, 0.15) is 0 Å². The lowest BCUT2D eigenvalue weighted by atomic mass is 10.4. The lowest BCUT2D eigenvalue weighted by Gasteiger charge is -1.90. The lowest BCUT2D eigenvalue weighted by Crippen LogP contribution is -2.12. The van der Waals surface area contributed by atoms with Gasteiger partial charge in [-0.25, -0.2) is 0 Å². The molecule has 0 atom stereocenters. The van der Waals surface area contributed by atoms with E-state index in [0.29, 0.717) is 18.8 Å². The summed E-state index contributed by atoms with van der Waals surface area (Å²) in [5.41, 5.74) is 16.1. The van der Waals surface area contributed by atoms with Gasteiger partial charge in [0.15, 0.2) is 0 Å². The fraction of sp³-hybridized carbons (Fsp3) is 0.500. The molecule has 0 saturated heterocycles. The van der Waals surface area contributed by atoms with E-state index < -0.39 is 0 Å². The first-order valence-corrected chi connectivity index (χ1v) is 2.16. The second-order valence-corrected chi connectivity index (χ2v) is 1.22. The van der Waals surface area contributed by atoms with Gasteiger partial charge < -0.3 is 17.2 Å². The number of hydrogen-bond donors (Lipinski definition) is 3. The minimum atomic E-state index is 0.400. The van der Waals surface area contributed by atoms with Crippen molar-refractivity contribution < 1.29 is 0 Å². The molecule has 0 aromatic carbocycles. The third kappa shape index (κ3) is 3.29. The Morgan fingerprint density at radius 1 is 1.43 bits per heavy atom. The Morgan fingerprint density at radius 2 is 2.00 bits per heavy atom. The van der Waals surface area contributed by atoms with Crippen LogP contribution >= 0.6 is 0 Å². The highest BCUT2D eigenvalue weighted by molar-refractivity contribution is 4.97. The van der Waals surface area contributed by atoms with Gasteiger partial charge in [-0.2, -0.15) is 0 Å². The minimum absolute atomic E-state index is 0.400. The SMILES string of the molecule is NC/C=C(\N)CN. The number of nitrogens with two attached hydrogens (primary N) is 3. The summed E-state index contributed by atoms with van der Waals surface area (Å²) in [7, 11) is 0. The molecule has 0 aromatic heterocycles. The molecular formula is C4H11N3. The van der Waals surface area contributed by atoms with Crippen LogP contribution in [0.5, 0.6) is 0 Å². The first-order valence-electron chi connectivity index (χ1n) is 2.16. The second kappa shape index (κ2) is 3.64. The maximum absolute atomic E-state index is 5.24. The van der Waals surface area contributed by atoms with E-state index in [4.69, 9.17) is 17.2 Å². The van der Waals surface area contributed by atoms with Gasteiger partial charge in [-0.15, -0.1) is 0 Å². The molecule has 0 unspecified atom stereocenters.